The Labute approximate surface area is 136 Å². The number of fused-ring (bicyclic) bond motifs is 1. The van der Waals surface area contributed by atoms with E-state index >= 15 is 0 Å². The molecule has 3 aromatic rings. The maximum absolute atomic E-state index is 6.15. The lowest BCUT2D eigenvalue weighted by Gasteiger charge is -2.22. The average Bonchev–Trinajstić information content (AvgIpc) is 2.98. The Kier molecular flexibility index (Phi) is 3.80. The van der Waals surface area contributed by atoms with E-state index in [4.69, 9.17) is 4.74 Å². The van der Waals surface area contributed by atoms with Crippen LogP contribution in [-0.4, -0.2) is 9.38 Å². The smallest absolute Gasteiger partial charge is 0.243 e. The first-order valence-electron chi connectivity index (χ1n) is 6.78. The lowest BCUT2D eigenvalue weighted by Crippen LogP contribution is -2.12. The van der Waals surface area contributed by atoms with Gasteiger partial charge in [-0.15, -0.1) is 11.3 Å². The molecule has 0 unspecified atom stereocenters. The minimum atomic E-state index is 0.0300. The third-order valence-corrected chi connectivity index (χ3v) is 4.64. The normalized spacial score (nSPS) is 12.0. The van der Waals surface area contributed by atoms with Gasteiger partial charge in [0.1, 0.15) is 5.75 Å². The SMILES string of the molecule is CC(C)(C)c1ccccc1Oc1nc2sccn2c1CBr. The van der Waals surface area contributed by atoms with E-state index in [1.807, 2.05) is 29.8 Å². The molecule has 0 saturated carbocycles. The molecule has 2 aromatic heterocycles. The molecule has 5 heteroatoms. The number of rotatable bonds is 3. The highest BCUT2D eigenvalue weighted by atomic mass is 79.9. The van der Waals surface area contributed by atoms with E-state index in [2.05, 4.69) is 52.2 Å². The van der Waals surface area contributed by atoms with Crippen LogP contribution in [-0.2, 0) is 10.7 Å². The number of para-hydroxylation sites is 1. The summed E-state index contributed by atoms with van der Waals surface area (Å²) in [5.74, 6) is 1.55. The molecule has 0 aliphatic rings. The summed E-state index contributed by atoms with van der Waals surface area (Å²) < 4.78 is 8.21. The molecule has 1 aromatic carbocycles. The van der Waals surface area contributed by atoms with Crippen molar-refractivity contribution >= 4 is 32.2 Å². The van der Waals surface area contributed by atoms with Gasteiger partial charge in [-0.2, -0.15) is 4.98 Å². The van der Waals surface area contributed by atoms with Crippen LogP contribution in [0.5, 0.6) is 11.6 Å². The lowest BCUT2D eigenvalue weighted by atomic mass is 9.86. The molecule has 0 amide bonds. The average molecular weight is 365 g/mol. The Balaban J connectivity index is 2.05. The van der Waals surface area contributed by atoms with Gasteiger partial charge in [0.2, 0.25) is 5.88 Å². The first-order valence-corrected chi connectivity index (χ1v) is 8.78. The molecule has 0 N–H and O–H groups in total. The van der Waals surface area contributed by atoms with Crippen LogP contribution in [0.4, 0.5) is 0 Å². The summed E-state index contributed by atoms with van der Waals surface area (Å²) in [6.45, 7) is 6.56. The zero-order valence-electron chi connectivity index (χ0n) is 12.3. The van der Waals surface area contributed by atoms with Crippen molar-refractivity contribution in [1.29, 1.82) is 0 Å². The Morgan fingerprint density at radius 2 is 2.05 bits per heavy atom. The predicted octanol–water partition coefficient (Wildman–Crippen LogP) is 5.38. The molecule has 0 bridgehead atoms. The second kappa shape index (κ2) is 5.46. The van der Waals surface area contributed by atoms with Crippen molar-refractivity contribution in [3.63, 3.8) is 0 Å². The van der Waals surface area contributed by atoms with Gasteiger partial charge in [0.05, 0.1) is 5.69 Å². The van der Waals surface area contributed by atoms with E-state index in [-0.39, 0.29) is 5.41 Å². The number of nitrogens with zero attached hydrogens (tertiary/aromatic N) is 2. The first kappa shape index (κ1) is 14.6. The van der Waals surface area contributed by atoms with Crippen LogP contribution in [0, 0.1) is 0 Å². The summed E-state index contributed by atoms with van der Waals surface area (Å²) in [5, 5.41) is 2.74. The first-order chi connectivity index (χ1) is 10.0. The van der Waals surface area contributed by atoms with Crippen molar-refractivity contribution in [3.8, 4) is 11.6 Å². The predicted molar refractivity (Wildman–Crippen MR) is 90.9 cm³/mol. The van der Waals surface area contributed by atoms with Crippen molar-refractivity contribution in [2.45, 2.75) is 31.5 Å². The Bertz CT molecular complexity index is 770. The highest BCUT2D eigenvalue weighted by molar-refractivity contribution is 9.08. The van der Waals surface area contributed by atoms with Crippen LogP contribution < -0.4 is 4.74 Å². The fourth-order valence-corrected chi connectivity index (χ4v) is 3.53. The van der Waals surface area contributed by atoms with Gasteiger partial charge in [0.25, 0.3) is 0 Å². The Morgan fingerprint density at radius 3 is 2.76 bits per heavy atom. The minimum absolute atomic E-state index is 0.0300. The number of hydrogen-bond donors (Lipinski definition) is 0. The molecule has 0 fully saturated rings. The van der Waals surface area contributed by atoms with Crippen molar-refractivity contribution < 1.29 is 4.74 Å². The number of ether oxygens (including phenoxy) is 1. The van der Waals surface area contributed by atoms with E-state index in [1.165, 1.54) is 5.56 Å². The topological polar surface area (TPSA) is 26.5 Å². The van der Waals surface area contributed by atoms with Gasteiger partial charge < -0.3 is 4.74 Å². The van der Waals surface area contributed by atoms with Gasteiger partial charge in [0, 0.05) is 22.5 Å². The van der Waals surface area contributed by atoms with Crippen LogP contribution in [0.2, 0.25) is 0 Å². The number of halogens is 1. The summed E-state index contributed by atoms with van der Waals surface area (Å²) in [5.41, 5.74) is 2.25. The van der Waals surface area contributed by atoms with Crippen LogP contribution in [0.25, 0.3) is 4.96 Å². The highest BCUT2D eigenvalue weighted by Gasteiger charge is 2.21. The molecule has 0 radical (unpaired) electrons. The van der Waals surface area contributed by atoms with Gasteiger partial charge in [0.15, 0.2) is 4.96 Å². The minimum Gasteiger partial charge on any atom is -0.437 e. The molecule has 0 aliphatic heterocycles. The molecular weight excluding hydrogens is 348 g/mol. The molecule has 0 aliphatic carbocycles. The number of imidazole rings is 1. The molecule has 0 atom stereocenters. The summed E-state index contributed by atoms with van der Waals surface area (Å²) in [4.78, 5) is 5.54. The van der Waals surface area contributed by atoms with E-state index in [9.17, 15) is 0 Å². The summed E-state index contributed by atoms with van der Waals surface area (Å²) in [7, 11) is 0. The third-order valence-electron chi connectivity index (χ3n) is 3.35. The van der Waals surface area contributed by atoms with Crippen LogP contribution >= 0.6 is 27.3 Å². The maximum atomic E-state index is 6.15. The fraction of sp³-hybridized carbons (Fsp3) is 0.312. The third kappa shape index (κ3) is 2.72. The van der Waals surface area contributed by atoms with Crippen LogP contribution in [0.3, 0.4) is 0 Å². The second-order valence-corrected chi connectivity index (χ2v) is 7.33. The number of thiazole rings is 1. The molecular formula is C16H17BrN2OS. The summed E-state index contributed by atoms with van der Waals surface area (Å²) in [6.07, 6.45) is 2.02. The number of benzene rings is 1. The van der Waals surface area contributed by atoms with E-state index in [1.54, 1.807) is 11.3 Å². The van der Waals surface area contributed by atoms with Crippen LogP contribution in [0.15, 0.2) is 35.8 Å². The highest BCUT2D eigenvalue weighted by Crippen LogP contribution is 2.35. The fourth-order valence-electron chi connectivity index (χ4n) is 2.30. The molecule has 3 nitrogen and oxygen atoms in total. The zero-order chi connectivity index (χ0) is 15.0. The van der Waals surface area contributed by atoms with Crippen LogP contribution in [0.1, 0.15) is 32.0 Å². The molecule has 0 spiro atoms. The van der Waals surface area contributed by atoms with Crippen molar-refractivity contribution in [2.75, 3.05) is 0 Å². The Hall–Kier alpha value is -1.33. The van der Waals surface area contributed by atoms with Gasteiger partial charge in [-0.25, -0.2) is 0 Å². The van der Waals surface area contributed by atoms with Crippen molar-refractivity contribution in [1.82, 2.24) is 9.38 Å². The second-order valence-electron chi connectivity index (χ2n) is 5.90. The summed E-state index contributed by atoms with van der Waals surface area (Å²) in [6, 6.07) is 8.16. The molecule has 110 valence electrons. The van der Waals surface area contributed by atoms with Crippen molar-refractivity contribution in [2.24, 2.45) is 0 Å². The van der Waals surface area contributed by atoms with Gasteiger partial charge in [-0.1, -0.05) is 54.9 Å². The van der Waals surface area contributed by atoms with E-state index in [0.29, 0.717) is 11.2 Å². The zero-order valence-corrected chi connectivity index (χ0v) is 14.7. The monoisotopic (exact) mass is 364 g/mol. The molecule has 3 rings (SSSR count). The van der Waals surface area contributed by atoms with Gasteiger partial charge in [-0.3, -0.25) is 4.40 Å². The quantitative estimate of drug-likeness (QED) is 0.583. The van der Waals surface area contributed by atoms with E-state index in [0.717, 1.165) is 16.4 Å². The number of aromatic nitrogens is 2. The Morgan fingerprint density at radius 1 is 1.29 bits per heavy atom. The maximum Gasteiger partial charge on any atom is 0.243 e. The number of hydrogen-bond acceptors (Lipinski definition) is 3. The van der Waals surface area contributed by atoms with E-state index < -0.39 is 0 Å². The molecule has 21 heavy (non-hydrogen) atoms. The lowest BCUT2D eigenvalue weighted by molar-refractivity contribution is 0.439. The van der Waals surface area contributed by atoms with Gasteiger partial charge in [-0.05, 0) is 11.5 Å². The molecule has 2 heterocycles. The molecule has 0 saturated heterocycles. The summed E-state index contributed by atoms with van der Waals surface area (Å²) >= 11 is 5.14. The van der Waals surface area contributed by atoms with Gasteiger partial charge >= 0.3 is 0 Å². The number of alkyl halides is 1. The largest absolute Gasteiger partial charge is 0.437 e. The van der Waals surface area contributed by atoms with Crippen molar-refractivity contribution in [3.05, 3.63) is 47.1 Å². The standard InChI is InChI=1S/C16H17BrN2OS/c1-16(2,3)11-6-4-5-7-13(11)20-14-12(10-17)19-8-9-21-15(19)18-14/h4-9H,10H2,1-3H3.